The number of nitrogens with one attached hydrogen (secondary N) is 1. The molecule has 8 heteroatoms. The van der Waals surface area contributed by atoms with Crippen LogP contribution in [-0.4, -0.2) is 50.5 Å². The summed E-state index contributed by atoms with van der Waals surface area (Å²) in [5.41, 5.74) is 4.45. The lowest BCUT2D eigenvalue weighted by atomic mass is 10.0. The van der Waals surface area contributed by atoms with Crippen LogP contribution in [0.25, 0.3) is 0 Å². The molecular formula is C32H41N3O4S. The van der Waals surface area contributed by atoms with Gasteiger partial charge in [0.15, 0.2) is 0 Å². The molecule has 3 aromatic carbocycles. The first-order valence-corrected chi connectivity index (χ1v) is 15.6. The highest BCUT2D eigenvalue weighted by atomic mass is 32.2. The van der Waals surface area contributed by atoms with Crippen molar-refractivity contribution in [3.8, 4) is 0 Å². The molecule has 7 nitrogen and oxygen atoms in total. The van der Waals surface area contributed by atoms with Crippen LogP contribution < -0.4 is 9.62 Å². The van der Waals surface area contributed by atoms with Crippen molar-refractivity contribution in [3.63, 3.8) is 0 Å². The van der Waals surface area contributed by atoms with E-state index in [1.807, 2.05) is 87.5 Å². The van der Waals surface area contributed by atoms with Gasteiger partial charge >= 0.3 is 0 Å². The lowest BCUT2D eigenvalue weighted by molar-refractivity contribution is -0.141. The molecule has 0 radical (unpaired) electrons. The molecule has 0 heterocycles. The van der Waals surface area contributed by atoms with Crippen LogP contribution in [0.15, 0.2) is 78.9 Å². The zero-order valence-electron chi connectivity index (χ0n) is 24.0. The number of amides is 2. The lowest BCUT2D eigenvalue weighted by Gasteiger charge is -2.32. The zero-order valence-corrected chi connectivity index (χ0v) is 24.8. The second kappa shape index (κ2) is 14.7. The van der Waals surface area contributed by atoms with Gasteiger partial charge in [-0.3, -0.25) is 13.9 Å². The van der Waals surface area contributed by atoms with Crippen LogP contribution >= 0.6 is 0 Å². The van der Waals surface area contributed by atoms with Crippen molar-refractivity contribution in [2.75, 3.05) is 23.7 Å². The molecular weight excluding hydrogens is 522 g/mol. The summed E-state index contributed by atoms with van der Waals surface area (Å²) in [4.78, 5) is 28.9. The van der Waals surface area contributed by atoms with Gasteiger partial charge < -0.3 is 10.2 Å². The summed E-state index contributed by atoms with van der Waals surface area (Å²) in [6.07, 6.45) is 2.77. The van der Waals surface area contributed by atoms with Gasteiger partial charge in [-0.25, -0.2) is 8.42 Å². The number of carbonyl (C=O) groups is 2. The highest BCUT2D eigenvalue weighted by Gasteiger charge is 2.30. The molecule has 0 fully saturated rings. The lowest BCUT2D eigenvalue weighted by Crippen LogP contribution is -2.50. The number of aryl methyl sites for hydroxylation is 2. The molecule has 1 unspecified atom stereocenters. The Labute approximate surface area is 239 Å². The van der Waals surface area contributed by atoms with Crippen molar-refractivity contribution >= 4 is 27.5 Å². The smallest absolute Gasteiger partial charge is 0.243 e. The quantitative estimate of drug-likeness (QED) is 0.299. The molecule has 0 spiro atoms. The van der Waals surface area contributed by atoms with E-state index in [9.17, 15) is 18.0 Å². The van der Waals surface area contributed by atoms with Crippen LogP contribution in [-0.2, 0) is 32.6 Å². The average molecular weight is 564 g/mol. The Hall–Kier alpha value is -3.65. The number of hydrogen-bond acceptors (Lipinski definition) is 4. The topological polar surface area (TPSA) is 86.8 Å². The fourth-order valence-corrected chi connectivity index (χ4v) is 5.66. The van der Waals surface area contributed by atoms with Crippen molar-refractivity contribution in [3.05, 3.63) is 101 Å². The number of hydrogen-bond donors (Lipinski definition) is 1. The summed E-state index contributed by atoms with van der Waals surface area (Å²) in [7, 11) is -3.55. The van der Waals surface area contributed by atoms with E-state index in [1.165, 1.54) is 10.6 Å². The molecule has 0 aliphatic heterocycles. The molecule has 0 aliphatic rings. The minimum atomic E-state index is -3.55. The third-order valence-corrected chi connectivity index (χ3v) is 8.01. The first-order valence-electron chi connectivity index (χ1n) is 13.8. The Kier molecular flexibility index (Phi) is 11.3. The third kappa shape index (κ3) is 8.95. The summed E-state index contributed by atoms with van der Waals surface area (Å²) >= 11 is 0. The largest absolute Gasteiger partial charge is 0.354 e. The van der Waals surface area contributed by atoms with Gasteiger partial charge in [0.2, 0.25) is 21.8 Å². The zero-order chi connectivity index (χ0) is 29.1. The maximum Gasteiger partial charge on any atom is 0.243 e. The molecule has 0 aromatic heterocycles. The van der Waals surface area contributed by atoms with Gasteiger partial charge in [-0.05, 0) is 49.4 Å². The van der Waals surface area contributed by atoms with Crippen LogP contribution in [0.4, 0.5) is 5.69 Å². The maximum atomic E-state index is 13.8. The van der Waals surface area contributed by atoms with Crippen molar-refractivity contribution in [1.82, 2.24) is 10.2 Å². The second-order valence-corrected chi connectivity index (χ2v) is 12.1. The standard InChI is InChI=1S/C32H41N3O4S/c1-5-21-33-32(37)30(23-27-13-7-6-8-14-27)34(24-28-19-17-25(2)18-20-28)31(36)16-11-22-35(40(4,38)39)29-15-10-9-12-26(29)3/h6-10,12-15,17-20,30H,5,11,16,21-24H2,1-4H3,(H,33,37). The van der Waals surface area contributed by atoms with Crippen molar-refractivity contribution in [2.45, 2.75) is 59.0 Å². The van der Waals surface area contributed by atoms with Gasteiger partial charge in [0.1, 0.15) is 6.04 Å². The van der Waals surface area contributed by atoms with E-state index in [0.717, 1.165) is 28.7 Å². The fraction of sp³-hybridized carbons (Fsp3) is 0.375. The first kappa shape index (κ1) is 30.9. The molecule has 0 saturated carbocycles. The van der Waals surface area contributed by atoms with E-state index in [1.54, 1.807) is 17.0 Å². The highest BCUT2D eigenvalue weighted by molar-refractivity contribution is 7.92. The van der Waals surface area contributed by atoms with E-state index in [2.05, 4.69) is 5.32 Å². The molecule has 1 atom stereocenters. The highest BCUT2D eigenvalue weighted by Crippen LogP contribution is 2.23. The van der Waals surface area contributed by atoms with Gasteiger partial charge in [0, 0.05) is 32.5 Å². The van der Waals surface area contributed by atoms with Gasteiger partial charge in [-0.15, -0.1) is 0 Å². The van der Waals surface area contributed by atoms with Gasteiger partial charge in [-0.1, -0.05) is 85.3 Å². The van der Waals surface area contributed by atoms with Crippen molar-refractivity contribution in [1.29, 1.82) is 0 Å². The van der Waals surface area contributed by atoms with Crippen LogP contribution in [0.1, 0.15) is 48.4 Å². The Morgan fingerprint density at radius 1 is 0.875 bits per heavy atom. The summed E-state index contributed by atoms with van der Waals surface area (Å²) in [5.74, 6) is -0.379. The average Bonchev–Trinajstić information content (AvgIpc) is 2.93. The fourth-order valence-electron chi connectivity index (χ4n) is 4.64. The summed E-state index contributed by atoms with van der Waals surface area (Å²) in [6.45, 7) is 6.83. The molecule has 0 saturated heterocycles. The van der Waals surface area contributed by atoms with E-state index in [4.69, 9.17) is 0 Å². The van der Waals surface area contributed by atoms with E-state index in [0.29, 0.717) is 25.1 Å². The predicted molar refractivity (Wildman–Crippen MR) is 162 cm³/mol. The molecule has 0 aliphatic carbocycles. The molecule has 214 valence electrons. The summed E-state index contributed by atoms with van der Waals surface area (Å²) in [6, 6.07) is 24.2. The molecule has 2 amide bonds. The monoisotopic (exact) mass is 563 g/mol. The van der Waals surface area contributed by atoms with Crippen LogP contribution in [0.3, 0.4) is 0 Å². The van der Waals surface area contributed by atoms with Crippen LogP contribution in [0.5, 0.6) is 0 Å². The van der Waals surface area contributed by atoms with Crippen molar-refractivity contribution < 1.29 is 18.0 Å². The van der Waals surface area contributed by atoms with Gasteiger partial charge in [0.05, 0.1) is 11.9 Å². The molecule has 0 bridgehead atoms. The third-order valence-electron chi connectivity index (χ3n) is 6.83. The Bertz CT molecular complexity index is 1360. The number of benzene rings is 3. The van der Waals surface area contributed by atoms with E-state index in [-0.39, 0.29) is 31.3 Å². The molecule has 40 heavy (non-hydrogen) atoms. The molecule has 3 aromatic rings. The Balaban J connectivity index is 1.87. The number of rotatable bonds is 14. The number of nitrogens with zero attached hydrogens (tertiary/aromatic N) is 2. The van der Waals surface area contributed by atoms with Crippen LogP contribution in [0, 0.1) is 13.8 Å². The maximum absolute atomic E-state index is 13.8. The van der Waals surface area contributed by atoms with E-state index < -0.39 is 16.1 Å². The minimum absolute atomic E-state index is 0.107. The number of anilines is 1. The summed E-state index contributed by atoms with van der Waals surface area (Å²) in [5, 5.41) is 2.98. The van der Waals surface area contributed by atoms with Crippen LogP contribution in [0.2, 0.25) is 0 Å². The first-order chi connectivity index (χ1) is 19.1. The molecule has 3 rings (SSSR count). The second-order valence-electron chi connectivity index (χ2n) is 10.2. The SMILES string of the molecule is CCCNC(=O)C(Cc1ccccc1)N(Cc1ccc(C)cc1)C(=O)CCCN(c1ccccc1C)S(C)(=O)=O. The number of sulfonamides is 1. The van der Waals surface area contributed by atoms with Crippen molar-refractivity contribution in [2.24, 2.45) is 0 Å². The van der Waals surface area contributed by atoms with Gasteiger partial charge in [0.25, 0.3) is 0 Å². The number of para-hydroxylation sites is 1. The van der Waals surface area contributed by atoms with Gasteiger partial charge in [-0.2, -0.15) is 0 Å². The number of carbonyl (C=O) groups excluding carboxylic acids is 2. The Morgan fingerprint density at radius 3 is 2.15 bits per heavy atom. The molecule has 1 N–H and O–H groups in total. The normalized spacial score (nSPS) is 12.0. The van der Waals surface area contributed by atoms with E-state index >= 15 is 0 Å². The Morgan fingerprint density at radius 2 is 1.52 bits per heavy atom. The predicted octanol–water partition coefficient (Wildman–Crippen LogP) is 5.02. The minimum Gasteiger partial charge on any atom is -0.354 e. The summed E-state index contributed by atoms with van der Waals surface area (Å²) < 4.78 is 26.6.